The minimum atomic E-state index is -0.595. The number of hydrogen-bond donors (Lipinski definition) is 1. The molecule has 1 aliphatic heterocycles. The Morgan fingerprint density at radius 1 is 1.26 bits per heavy atom. The maximum Gasteiger partial charge on any atom is 0.355 e. The summed E-state index contributed by atoms with van der Waals surface area (Å²) >= 11 is 0. The van der Waals surface area contributed by atoms with Crippen LogP contribution in [0.4, 0.5) is 4.39 Å². The Bertz CT molecular complexity index is 1010. The van der Waals surface area contributed by atoms with Crippen molar-refractivity contribution in [2.24, 2.45) is 5.92 Å². The number of amides is 1. The summed E-state index contributed by atoms with van der Waals surface area (Å²) in [4.78, 5) is 42.9. The van der Waals surface area contributed by atoms with Gasteiger partial charge in [0.1, 0.15) is 5.69 Å². The zero-order valence-corrected chi connectivity index (χ0v) is 18.2. The molecule has 1 aromatic heterocycles. The molecule has 1 aromatic carbocycles. The zero-order valence-electron chi connectivity index (χ0n) is 18.2. The lowest BCUT2D eigenvalue weighted by atomic mass is 9.89. The van der Waals surface area contributed by atoms with Gasteiger partial charge in [0.25, 0.3) is 5.91 Å². The monoisotopic (exact) mass is 430 g/mol. The van der Waals surface area contributed by atoms with Gasteiger partial charge in [0.05, 0.1) is 19.3 Å². The number of nitrogens with one attached hydrogen (secondary N) is 1. The van der Waals surface area contributed by atoms with Crippen LogP contribution in [0.5, 0.6) is 5.75 Å². The van der Waals surface area contributed by atoms with Gasteiger partial charge in [-0.3, -0.25) is 9.59 Å². The number of Topliss-reactive ketones (excluding diaryl/α,β-unsaturated/α-hetero) is 1. The number of carbonyl (C=O) groups excluding carboxylic acids is 3. The van der Waals surface area contributed by atoms with Gasteiger partial charge in [-0.05, 0) is 57.4 Å². The lowest BCUT2D eigenvalue weighted by molar-refractivity contribution is 0.0519. The fourth-order valence-corrected chi connectivity index (χ4v) is 4.07. The quantitative estimate of drug-likeness (QED) is 0.558. The van der Waals surface area contributed by atoms with E-state index in [-0.39, 0.29) is 41.8 Å². The van der Waals surface area contributed by atoms with E-state index in [2.05, 4.69) is 4.98 Å². The van der Waals surface area contributed by atoms with Crippen molar-refractivity contribution >= 4 is 17.7 Å². The standard InChI is InChI=1S/C23H27FN2O5/c1-5-31-23(29)20-13(2)19(14(3)25-20)22(28)26-10-6-7-16(12-26)21(27)15-8-9-18(30-4)17(24)11-15/h8-9,11,16,25H,5-7,10,12H2,1-4H3. The summed E-state index contributed by atoms with van der Waals surface area (Å²) in [6.07, 6.45) is 1.28. The van der Waals surface area contributed by atoms with Crippen molar-refractivity contribution in [3.8, 4) is 5.75 Å². The fraction of sp³-hybridized carbons (Fsp3) is 0.435. The second-order valence-electron chi connectivity index (χ2n) is 7.65. The van der Waals surface area contributed by atoms with Crippen molar-refractivity contribution in [1.82, 2.24) is 9.88 Å². The smallest absolute Gasteiger partial charge is 0.355 e. The molecule has 0 aliphatic carbocycles. The largest absolute Gasteiger partial charge is 0.494 e. The number of aromatic nitrogens is 1. The summed E-state index contributed by atoms with van der Waals surface area (Å²) in [5.41, 5.74) is 2.06. The Morgan fingerprint density at radius 2 is 2.00 bits per heavy atom. The van der Waals surface area contributed by atoms with Crippen molar-refractivity contribution in [2.75, 3.05) is 26.8 Å². The first-order valence-corrected chi connectivity index (χ1v) is 10.3. The number of benzene rings is 1. The van der Waals surface area contributed by atoms with Crippen LogP contribution < -0.4 is 4.74 Å². The molecule has 0 bridgehead atoms. The number of H-pyrrole nitrogens is 1. The van der Waals surface area contributed by atoms with Gasteiger partial charge >= 0.3 is 5.97 Å². The van der Waals surface area contributed by atoms with Crippen LogP contribution in [0, 0.1) is 25.6 Å². The highest BCUT2D eigenvalue weighted by atomic mass is 19.1. The average molecular weight is 430 g/mol. The van der Waals surface area contributed by atoms with Crippen molar-refractivity contribution in [1.29, 1.82) is 0 Å². The normalized spacial score (nSPS) is 16.2. The number of ketones is 1. The highest BCUT2D eigenvalue weighted by molar-refractivity contribution is 6.02. The summed E-state index contributed by atoms with van der Waals surface area (Å²) in [6.45, 7) is 6.14. The van der Waals surface area contributed by atoms with Crippen LogP contribution in [0.25, 0.3) is 0 Å². The number of halogens is 1. The van der Waals surface area contributed by atoms with Crippen molar-refractivity contribution < 1.29 is 28.2 Å². The molecular formula is C23H27FN2O5. The molecule has 1 atom stereocenters. The van der Waals surface area contributed by atoms with Gasteiger partial charge in [-0.15, -0.1) is 0 Å². The van der Waals surface area contributed by atoms with Crippen LogP contribution in [0.3, 0.4) is 0 Å². The van der Waals surface area contributed by atoms with Crippen LogP contribution in [-0.2, 0) is 4.74 Å². The van der Waals surface area contributed by atoms with Crippen LogP contribution in [0.15, 0.2) is 18.2 Å². The maximum absolute atomic E-state index is 14.0. The van der Waals surface area contributed by atoms with E-state index < -0.39 is 17.7 Å². The van der Waals surface area contributed by atoms with E-state index >= 15 is 0 Å². The molecule has 1 saturated heterocycles. The van der Waals surface area contributed by atoms with Gasteiger partial charge < -0.3 is 19.4 Å². The number of ether oxygens (including phenoxy) is 2. The van der Waals surface area contributed by atoms with Gasteiger partial charge in [0.2, 0.25) is 0 Å². The number of carbonyl (C=O) groups is 3. The molecule has 0 radical (unpaired) electrons. The lowest BCUT2D eigenvalue weighted by Crippen LogP contribution is -2.42. The zero-order chi connectivity index (χ0) is 22.7. The first-order valence-electron chi connectivity index (χ1n) is 10.3. The van der Waals surface area contributed by atoms with Crippen molar-refractivity contribution in [2.45, 2.75) is 33.6 Å². The summed E-state index contributed by atoms with van der Waals surface area (Å²) in [7, 11) is 1.36. The maximum atomic E-state index is 14.0. The number of hydrogen-bond acceptors (Lipinski definition) is 5. The summed E-state index contributed by atoms with van der Waals surface area (Å²) < 4.78 is 24.0. The molecule has 1 N–H and O–H groups in total. The number of likely N-dealkylation sites (tertiary alicyclic amines) is 1. The lowest BCUT2D eigenvalue weighted by Gasteiger charge is -2.32. The van der Waals surface area contributed by atoms with Gasteiger partial charge in [-0.2, -0.15) is 0 Å². The second kappa shape index (κ2) is 9.32. The van der Waals surface area contributed by atoms with E-state index in [9.17, 15) is 18.8 Å². The minimum Gasteiger partial charge on any atom is -0.494 e. The van der Waals surface area contributed by atoms with Crippen LogP contribution in [-0.4, -0.2) is 54.3 Å². The van der Waals surface area contributed by atoms with E-state index in [1.807, 2.05) is 0 Å². The molecule has 1 unspecified atom stereocenters. The van der Waals surface area contributed by atoms with Gasteiger partial charge in [0, 0.05) is 30.3 Å². The molecule has 7 nitrogen and oxygen atoms in total. The molecule has 166 valence electrons. The van der Waals surface area contributed by atoms with Gasteiger partial charge in [-0.1, -0.05) is 0 Å². The predicted octanol–water partition coefficient (Wildman–Crippen LogP) is 3.69. The number of esters is 1. The molecule has 2 heterocycles. The molecule has 2 aromatic rings. The number of aromatic amines is 1. The second-order valence-corrected chi connectivity index (χ2v) is 7.65. The number of nitrogens with zero attached hydrogens (tertiary/aromatic N) is 1. The topological polar surface area (TPSA) is 88.7 Å². The third kappa shape index (κ3) is 4.47. The Labute approximate surface area is 180 Å². The van der Waals surface area contributed by atoms with Gasteiger partial charge in [-0.25, -0.2) is 9.18 Å². The molecule has 0 saturated carbocycles. The summed E-state index contributed by atoms with van der Waals surface area (Å²) in [5.74, 6) is -1.88. The van der Waals surface area contributed by atoms with Crippen molar-refractivity contribution in [3.05, 3.63) is 52.1 Å². The molecular weight excluding hydrogens is 403 g/mol. The highest BCUT2D eigenvalue weighted by Gasteiger charge is 2.32. The third-order valence-electron chi connectivity index (χ3n) is 5.65. The van der Waals surface area contributed by atoms with Gasteiger partial charge in [0.15, 0.2) is 17.3 Å². The minimum absolute atomic E-state index is 0.0767. The van der Waals surface area contributed by atoms with Crippen LogP contribution in [0.2, 0.25) is 0 Å². The Kier molecular flexibility index (Phi) is 6.77. The summed E-state index contributed by atoms with van der Waals surface area (Å²) in [5, 5.41) is 0. The first-order chi connectivity index (χ1) is 14.8. The molecule has 8 heteroatoms. The molecule has 1 aliphatic rings. The fourth-order valence-electron chi connectivity index (χ4n) is 4.07. The molecule has 1 fully saturated rings. The number of aryl methyl sites for hydroxylation is 1. The SMILES string of the molecule is CCOC(=O)c1[nH]c(C)c(C(=O)N2CCCC(C(=O)c3ccc(OC)c(F)c3)C2)c1C. The van der Waals surface area contributed by atoms with E-state index in [0.717, 1.165) is 0 Å². The molecule has 1 amide bonds. The highest BCUT2D eigenvalue weighted by Crippen LogP contribution is 2.27. The molecule has 3 rings (SSSR count). The Balaban J connectivity index is 1.79. The number of rotatable bonds is 6. The van der Waals surface area contributed by atoms with Crippen molar-refractivity contribution in [3.63, 3.8) is 0 Å². The average Bonchev–Trinajstić information content (AvgIpc) is 3.06. The van der Waals surface area contributed by atoms with E-state index in [1.165, 1.54) is 25.3 Å². The Hall–Kier alpha value is -3.16. The molecule has 0 spiro atoms. The summed E-state index contributed by atoms with van der Waals surface area (Å²) in [6, 6.07) is 4.14. The Morgan fingerprint density at radius 3 is 2.65 bits per heavy atom. The molecule has 31 heavy (non-hydrogen) atoms. The number of methoxy groups -OCH3 is 1. The van der Waals surface area contributed by atoms with E-state index in [1.54, 1.807) is 25.7 Å². The predicted molar refractivity (Wildman–Crippen MR) is 112 cm³/mol. The van der Waals surface area contributed by atoms with E-state index in [0.29, 0.717) is 36.2 Å². The van der Waals surface area contributed by atoms with E-state index in [4.69, 9.17) is 9.47 Å². The van der Waals surface area contributed by atoms with Crippen LogP contribution in [0.1, 0.15) is 62.2 Å². The third-order valence-corrected chi connectivity index (χ3v) is 5.65. The number of piperidine rings is 1. The first kappa shape index (κ1) is 22.5. The van der Waals surface area contributed by atoms with Crippen LogP contribution >= 0.6 is 0 Å².